The summed E-state index contributed by atoms with van der Waals surface area (Å²) in [5, 5.41) is 3.51. The van der Waals surface area contributed by atoms with Crippen molar-refractivity contribution >= 4 is 35.0 Å². The molecule has 1 fully saturated rings. The van der Waals surface area contributed by atoms with E-state index in [-0.39, 0.29) is 12.5 Å². The van der Waals surface area contributed by atoms with Crippen molar-refractivity contribution in [3.05, 3.63) is 59.1 Å². The third kappa shape index (κ3) is 5.58. The third-order valence-corrected chi connectivity index (χ3v) is 5.18. The number of rotatable bonds is 6. The maximum atomic E-state index is 11.9. The van der Waals surface area contributed by atoms with E-state index in [0.29, 0.717) is 17.3 Å². The van der Waals surface area contributed by atoms with E-state index in [4.69, 9.17) is 16.3 Å². The molecule has 0 atom stereocenters. The topological polar surface area (TPSA) is 41.6 Å². The van der Waals surface area contributed by atoms with E-state index in [2.05, 4.69) is 34.5 Å². The second-order valence-electron chi connectivity index (χ2n) is 5.79. The maximum absolute atomic E-state index is 11.9. The van der Waals surface area contributed by atoms with Crippen LogP contribution >= 0.6 is 23.4 Å². The van der Waals surface area contributed by atoms with Gasteiger partial charge in [-0.15, -0.1) is 0 Å². The fraction of sp³-hybridized carbons (Fsp3) is 0.316. The lowest BCUT2D eigenvalue weighted by atomic mass is 10.2. The number of thioether (sulfide) groups is 1. The number of anilines is 1. The number of hydrogen-bond acceptors (Lipinski definition) is 4. The Morgan fingerprint density at radius 3 is 2.44 bits per heavy atom. The van der Waals surface area contributed by atoms with Gasteiger partial charge in [0.1, 0.15) is 5.75 Å². The minimum atomic E-state index is -0.146. The molecule has 3 rings (SSSR count). The lowest BCUT2D eigenvalue weighted by Gasteiger charge is -2.28. The number of carbonyl (C=O) groups excluding carboxylic acids is 1. The summed E-state index contributed by atoms with van der Waals surface area (Å²) in [6.07, 6.45) is 0. The van der Waals surface area contributed by atoms with Crippen molar-refractivity contribution in [1.29, 1.82) is 0 Å². The number of halogens is 1. The van der Waals surface area contributed by atoms with Crippen molar-refractivity contribution < 1.29 is 9.53 Å². The minimum absolute atomic E-state index is 0.00877. The lowest BCUT2D eigenvalue weighted by molar-refractivity contribution is -0.123. The SMILES string of the molecule is O=C(COc1ccc(Cl)cc1)NCc1ccc(N2CCSCC2)cc1. The third-order valence-electron chi connectivity index (χ3n) is 3.99. The van der Waals surface area contributed by atoms with Gasteiger partial charge in [-0.1, -0.05) is 23.7 Å². The standard InChI is InChI=1S/C19H21ClN2O2S/c20-16-3-7-18(8-4-16)24-14-19(23)21-13-15-1-5-17(6-2-15)22-9-11-25-12-10-22/h1-8H,9-14H2,(H,21,23). The molecule has 25 heavy (non-hydrogen) atoms. The Balaban J connectivity index is 1.43. The molecular weight excluding hydrogens is 356 g/mol. The highest BCUT2D eigenvalue weighted by atomic mass is 35.5. The molecule has 1 aliphatic heterocycles. The molecule has 1 aliphatic rings. The van der Waals surface area contributed by atoms with Crippen LogP contribution in [0.4, 0.5) is 5.69 Å². The molecule has 0 spiro atoms. The van der Waals surface area contributed by atoms with E-state index in [1.807, 2.05) is 11.8 Å². The highest BCUT2D eigenvalue weighted by molar-refractivity contribution is 7.99. The van der Waals surface area contributed by atoms with Gasteiger partial charge in [0.25, 0.3) is 5.91 Å². The van der Waals surface area contributed by atoms with E-state index in [9.17, 15) is 4.79 Å². The molecule has 1 saturated heterocycles. The number of benzene rings is 2. The Morgan fingerprint density at radius 2 is 1.76 bits per heavy atom. The van der Waals surface area contributed by atoms with Crippen molar-refractivity contribution in [3.8, 4) is 5.75 Å². The Bertz CT molecular complexity index is 686. The number of nitrogens with zero attached hydrogens (tertiary/aromatic N) is 1. The van der Waals surface area contributed by atoms with E-state index in [0.717, 1.165) is 18.7 Å². The van der Waals surface area contributed by atoms with Crippen LogP contribution in [0.1, 0.15) is 5.56 Å². The molecule has 0 saturated carbocycles. The van der Waals surface area contributed by atoms with E-state index in [1.165, 1.54) is 17.2 Å². The lowest BCUT2D eigenvalue weighted by Crippen LogP contribution is -2.32. The summed E-state index contributed by atoms with van der Waals surface area (Å²) in [5.74, 6) is 2.85. The van der Waals surface area contributed by atoms with Gasteiger partial charge in [0.05, 0.1) is 0 Å². The molecule has 0 radical (unpaired) electrons. The molecule has 1 amide bonds. The summed E-state index contributed by atoms with van der Waals surface area (Å²) in [4.78, 5) is 14.3. The molecule has 1 N–H and O–H groups in total. The molecule has 0 aromatic heterocycles. The Morgan fingerprint density at radius 1 is 1.08 bits per heavy atom. The molecule has 132 valence electrons. The fourth-order valence-corrected chi connectivity index (χ4v) is 3.61. The Labute approximate surface area is 157 Å². The molecule has 1 heterocycles. The van der Waals surface area contributed by atoms with Gasteiger partial charge in [0.15, 0.2) is 6.61 Å². The molecule has 2 aromatic carbocycles. The fourth-order valence-electron chi connectivity index (χ4n) is 2.58. The normalized spacial score (nSPS) is 14.2. The summed E-state index contributed by atoms with van der Waals surface area (Å²) in [5.41, 5.74) is 2.33. The molecule has 0 bridgehead atoms. The number of amides is 1. The van der Waals surface area contributed by atoms with Crippen molar-refractivity contribution in [2.24, 2.45) is 0 Å². The van der Waals surface area contributed by atoms with Crippen LogP contribution in [-0.2, 0) is 11.3 Å². The van der Waals surface area contributed by atoms with Crippen LogP contribution in [0.5, 0.6) is 5.75 Å². The number of carbonyl (C=O) groups is 1. The first-order valence-corrected chi connectivity index (χ1v) is 9.81. The Kier molecular flexibility index (Phi) is 6.48. The van der Waals surface area contributed by atoms with Gasteiger partial charge in [-0.05, 0) is 42.0 Å². The highest BCUT2D eigenvalue weighted by Crippen LogP contribution is 2.20. The van der Waals surface area contributed by atoms with E-state index >= 15 is 0 Å². The molecule has 0 aliphatic carbocycles. The zero-order valence-corrected chi connectivity index (χ0v) is 15.5. The van der Waals surface area contributed by atoms with Crippen LogP contribution in [0.15, 0.2) is 48.5 Å². The van der Waals surface area contributed by atoms with E-state index in [1.54, 1.807) is 24.3 Å². The molecule has 0 unspecified atom stereocenters. The van der Waals surface area contributed by atoms with Crippen LogP contribution in [-0.4, -0.2) is 37.1 Å². The maximum Gasteiger partial charge on any atom is 0.258 e. The predicted octanol–water partition coefficient (Wildman–Crippen LogP) is 3.59. The molecular formula is C19H21ClN2O2S. The van der Waals surface area contributed by atoms with Crippen LogP contribution in [0.25, 0.3) is 0 Å². The highest BCUT2D eigenvalue weighted by Gasteiger charge is 2.11. The second-order valence-corrected chi connectivity index (χ2v) is 7.45. The second kappa shape index (κ2) is 9.02. The molecule has 4 nitrogen and oxygen atoms in total. The minimum Gasteiger partial charge on any atom is -0.484 e. The van der Waals surface area contributed by atoms with Gasteiger partial charge >= 0.3 is 0 Å². The quantitative estimate of drug-likeness (QED) is 0.836. The van der Waals surface area contributed by atoms with E-state index < -0.39 is 0 Å². The van der Waals surface area contributed by atoms with Gasteiger partial charge in [-0.2, -0.15) is 11.8 Å². The van der Waals surface area contributed by atoms with Crippen LogP contribution in [0.2, 0.25) is 5.02 Å². The van der Waals surface area contributed by atoms with Gasteiger partial charge in [0, 0.05) is 41.8 Å². The summed E-state index contributed by atoms with van der Waals surface area (Å²) in [6.45, 7) is 2.69. The number of hydrogen-bond donors (Lipinski definition) is 1. The molecule has 6 heteroatoms. The first kappa shape index (κ1) is 18.0. The number of ether oxygens (including phenoxy) is 1. The van der Waals surface area contributed by atoms with Crippen molar-refractivity contribution in [2.75, 3.05) is 36.1 Å². The summed E-state index contributed by atoms with van der Waals surface area (Å²) in [6, 6.07) is 15.3. The largest absolute Gasteiger partial charge is 0.484 e. The van der Waals surface area contributed by atoms with Gasteiger partial charge in [-0.3, -0.25) is 4.79 Å². The van der Waals surface area contributed by atoms with Crippen molar-refractivity contribution in [3.63, 3.8) is 0 Å². The zero-order valence-electron chi connectivity index (χ0n) is 13.9. The average Bonchev–Trinajstić information content (AvgIpc) is 2.67. The first-order valence-electron chi connectivity index (χ1n) is 8.27. The van der Waals surface area contributed by atoms with Crippen LogP contribution in [0.3, 0.4) is 0 Å². The van der Waals surface area contributed by atoms with Crippen molar-refractivity contribution in [1.82, 2.24) is 5.32 Å². The number of nitrogens with one attached hydrogen (secondary N) is 1. The van der Waals surface area contributed by atoms with Gasteiger partial charge < -0.3 is 15.0 Å². The summed E-state index contributed by atoms with van der Waals surface area (Å²) < 4.78 is 5.43. The predicted molar refractivity (Wildman–Crippen MR) is 105 cm³/mol. The monoisotopic (exact) mass is 376 g/mol. The van der Waals surface area contributed by atoms with Crippen LogP contribution in [0, 0.1) is 0 Å². The Hall–Kier alpha value is -1.85. The summed E-state index contributed by atoms with van der Waals surface area (Å²) in [7, 11) is 0. The van der Waals surface area contributed by atoms with Crippen LogP contribution < -0.4 is 15.0 Å². The first-order chi connectivity index (χ1) is 12.2. The van der Waals surface area contributed by atoms with Crippen molar-refractivity contribution in [2.45, 2.75) is 6.54 Å². The molecule has 2 aromatic rings. The smallest absolute Gasteiger partial charge is 0.258 e. The zero-order chi connectivity index (χ0) is 17.5. The van der Waals surface area contributed by atoms with Gasteiger partial charge in [-0.25, -0.2) is 0 Å². The van der Waals surface area contributed by atoms with Gasteiger partial charge in [0.2, 0.25) is 0 Å². The average molecular weight is 377 g/mol. The summed E-state index contributed by atoms with van der Waals surface area (Å²) >= 11 is 7.82.